The lowest BCUT2D eigenvalue weighted by atomic mass is 9.99. The first kappa shape index (κ1) is 21.2. The van der Waals surface area contributed by atoms with E-state index in [1.807, 2.05) is 4.90 Å². The number of nitrogens with zero attached hydrogens (tertiary/aromatic N) is 1. The van der Waals surface area contributed by atoms with Crippen molar-refractivity contribution in [3.8, 4) is 0 Å². The van der Waals surface area contributed by atoms with Crippen LogP contribution in [0.4, 0.5) is 28.9 Å². The van der Waals surface area contributed by atoms with Gasteiger partial charge in [-0.15, -0.1) is 0 Å². The molecule has 1 heterocycles. The Hall–Kier alpha value is -1.99. The van der Waals surface area contributed by atoms with Crippen molar-refractivity contribution >= 4 is 40.5 Å². The second-order valence-electron chi connectivity index (χ2n) is 7.87. The molecular formula is C21H18Cl2F4N2O. The normalized spacial score (nSPS) is 17.5. The van der Waals surface area contributed by atoms with Gasteiger partial charge in [-0.25, -0.2) is 4.39 Å². The van der Waals surface area contributed by atoms with Crippen LogP contribution >= 0.6 is 23.2 Å². The van der Waals surface area contributed by atoms with Crippen molar-refractivity contribution in [3.05, 3.63) is 57.3 Å². The minimum Gasteiger partial charge on any atom is -0.367 e. The Balaban J connectivity index is 1.49. The fourth-order valence-corrected chi connectivity index (χ4v) is 4.38. The predicted molar refractivity (Wildman–Crippen MR) is 109 cm³/mol. The summed E-state index contributed by atoms with van der Waals surface area (Å²) >= 11 is 12.6. The third-order valence-corrected chi connectivity index (χ3v) is 6.39. The number of hydrogen-bond donors (Lipinski definition) is 1. The molecule has 0 aromatic heterocycles. The maximum atomic E-state index is 13.4. The molecule has 0 bridgehead atoms. The van der Waals surface area contributed by atoms with Crippen molar-refractivity contribution in [1.29, 1.82) is 0 Å². The summed E-state index contributed by atoms with van der Waals surface area (Å²) < 4.78 is 52.6. The largest absolute Gasteiger partial charge is 0.395 e. The molecule has 3 nitrogen and oxygen atoms in total. The first-order valence-corrected chi connectivity index (χ1v) is 10.2. The van der Waals surface area contributed by atoms with E-state index in [1.165, 1.54) is 12.1 Å². The summed E-state index contributed by atoms with van der Waals surface area (Å²) in [4.78, 5) is 14.2. The van der Waals surface area contributed by atoms with Crippen LogP contribution in [0.2, 0.25) is 10.0 Å². The molecule has 1 aliphatic heterocycles. The van der Waals surface area contributed by atoms with E-state index in [2.05, 4.69) is 5.32 Å². The zero-order chi connectivity index (χ0) is 21.7. The first-order valence-electron chi connectivity index (χ1n) is 9.46. The highest BCUT2D eigenvalue weighted by molar-refractivity contribution is 6.40. The van der Waals surface area contributed by atoms with E-state index in [9.17, 15) is 22.4 Å². The lowest BCUT2D eigenvalue weighted by Gasteiger charge is -2.31. The van der Waals surface area contributed by atoms with Crippen LogP contribution in [0.25, 0.3) is 0 Å². The Morgan fingerprint density at radius 2 is 1.77 bits per heavy atom. The second kappa shape index (κ2) is 7.61. The number of halogens is 6. The molecule has 160 valence electrons. The van der Waals surface area contributed by atoms with Crippen LogP contribution in [-0.2, 0) is 17.8 Å². The molecule has 2 aromatic carbocycles. The van der Waals surface area contributed by atoms with Crippen molar-refractivity contribution in [2.45, 2.75) is 38.4 Å². The van der Waals surface area contributed by atoms with Gasteiger partial charge in [0, 0.05) is 25.2 Å². The van der Waals surface area contributed by atoms with Crippen molar-refractivity contribution in [2.24, 2.45) is 5.41 Å². The van der Waals surface area contributed by atoms with Crippen LogP contribution < -0.4 is 10.2 Å². The number of alkyl halides is 3. The Bertz CT molecular complexity index is 982. The summed E-state index contributed by atoms with van der Waals surface area (Å²) in [5.41, 5.74) is 0.827. The molecule has 30 heavy (non-hydrogen) atoms. The number of fused-ring (bicyclic) bond motifs is 1. The van der Waals surface area contributed by atoms with Crippen molar-refractivity contribution in [3.63, 3.8) is 0 Å². The molecule has 0 spiro atoms. The molecule has 1 N–H and O–H groups in total. The van der Waals surface area contributed by atoms with Crippen LogP contribution in [0.5, 0.6) is 0 Å². The molecule has 4 rings (SSSR count). The van der Waals surface area contributed by atoms with Gasteiger partial charge in [0.15, 0.2) is 0 Å². The van der Waals surface area contributed by atoms with Crippen molar-refractivity contribution in [2.75, 3.05) is 16.8 Å². The summed E-state index contributed by atoms with van der Waals surface area (Å²) in [5, 5.41) is 2.73. The maximum absolute atomic E-state index is 13.4. The zero-order valence-corrected chi connectivity index (χ0v) is 17.3. The Morgan fingerprint density at radius 1 is 1.10 bits per heavy atom. The number of carbonyl (C=O) groups is 1. The van der Waals surface area contributed by atoms with E-state index in [0.29, 0.717) is 25.2 Å². The minimum absolute atomic E-state index is 0.0509. The molecule has 0 unspecified atom stereocenters. The lowest BCUT2D eigenvalue weighted by Crippen LogP contribution is -2.30. The van der Waals surface area contributed by atoms with Crippen molar-refractivity contribution < 1.29 is 22.4 Å². The van der Waals surface area contributed by atoms with Crippen LogP contribution in [0.3, 0.4) is 0 Å². The summed E-state index contributed by atoms with van der Waals surface area (Å²) in [6, 6.07) is 7.92. The number of rotatable bonds is 4. The van der Waals surface area contributed by atoms with Gasteiger partial charge in [0.1, 0.15) is 5.82 Å². The molecule has 1 fully saturated rings. The molecular weight excluding hydrogens is 443 g/mol. The smallest absolute Gasteiger partial charge is 0.367 e. The Kier molecular flexibility index (Phi) is 5.39. The monoisotopic (exact) mass is 460 g/mol. The molecule has 0 radical (unpaired) electrons. The number of anilines is 2. The highest BCUT2D eigenvalue weighted by Gasteiger charge is 2.63. The fraction of sp³-hybridized carbons (Fsp3) is 0.381. The third-order valence-electron chi connectivity index (χ3n) is 5.79. The first-order chi connectivity index (χ1) is 14.1. The van der Waals surface area contributed by atoms with Gasteiger partial charge < -0.3 is 10.2 Å². The lowest BCUT2D eigenvalue weighted by molar-refractivity contribution is -0.189. The Morgan fingerprint density at radius 3 is 2.37 bits per heavy atom. The molecule has 1 aliphatic carbocycles. The molecule has 2 aliphatic rings. The molecule has 0 atom stereocenters. The van der Waals surface area contributed by atoms with Gasteiger partial charge in [-0.1, -0.05) is 29.3 Å². The highest BCUT2D eigenvalue weighted by Crippen LogP contribution is 2.60. The maximum Gasteiger partial charge on any atom is 0.395 e. The van der Waals surface area contributed by atoms with Crippen molar-refractivity contribution in [1.82, 2.24) is 0 Å². The average Bonchev–Trinajstić information content (AvgIpc) is 3.45. The summed E-state index contributed by atoms with van der Waals surface area (Å²) in [5.74, 6) is -1.04. The molecule has 9 heteroatoms. The van der Waals surface area contributed by atoms with Crippen LogP contribution in [0.1, 0.15) is 30.4 Å². The topological polar surface area (TPSA) is 32.3 Å². The summed E-state index contributed by atoms with van der Waals surface area (Å²) in [6.07, 6.45) is -4.50. The fourth-order valence-electron chi connectivity index (χ4n) is 3.81. The van der Waals surface area contributed by atoms with Gasteiger partial charge >= 0.3 is 6.18 Å². The van der Waals surface area contributed by atoms with E-state index in [-0.39, 0.29) is 34.4 Å². The molecule has 2 aromatic rings. The molecule has 0 saturated heterocycles. The number of benzene rings is 2. The van der Waals surface area contributed by atoms with Gasteiger partial charge in [0.05, 0.1) is 21.1 Å². The van der Waals surface area contributed by atoms with E-state index in [1.54, 1.807) is 18.2 Å². The van der Waals surface area contributed by atoms with E-state index in [4.69, 9.17) is 23.2 Å². The highest BCUT2D eigenvalue weighted by atomic mass is 35.5. The van der Waals surface area contributed by atoms with Gasteiger partial charge in [0.2, 0.25) is 5.91 Å². The summed E-state index contributed by atoms with van der Waals surface area (Å²) in [6.45, 7) is 1.17. The van der Waals surface area contributed by atoms with Gasteiger partial charge in [0.25, 0.3) is 0 Å². The predicted octanol–water partition coefficient (Wildman–Crippen LogP) is 6.37. The third kappa shape index (κ3) is 4.10. The Labute approximate surface area is 181 Å². The summed E-state index contributed by atoms with van der Waals surface area (Å²) in [7, 11) is 0. The van der Waals surface area contributed by atoms with E-state index < -0.39 is 23.9 Å². The number of nitrogens with one attached hydrogen (secondary N) is 1. The SMILES string of the molecule is O=C(CC1(C(F)(F)F)CC1)Nc1c(Cl)cc(N2CCc3cc(F)ccc3C2)cc1Cl. The quantitative estimate of drug-likeness (QED) is 0.537. The van der Waals surface area contributed by atoms with Gasteiger partial charge in [-0.2, -0.15) is 13.2 Å². The van der Waals surface area contributed by atoms with Crippen LogP contribution in [0, 0.1) is 11.2 Å². The van der Waals surface area contributed by atoms with E-state index in [0.717, 1.165) is 11.1 Å². The minimum atomic E-state index is -4.41. The molecule has 1 saturated carbocycles. The zero-order valence-electron chi connectivity index (χ0n) is 15.8. The average molecular weight is 461 g/mol. The number of carbonyl (C=O) groups excluding carboxylic acids is 1. The van der Waals surface area contributed by atoms with E-state index >= 15 is 0 Å². The number of hydrogen-bond acceptors (Lipinski definition) is 2. The van der Waals surface area contributed by atoms with Gasteiger partial charge in [-0.05, 0) is 54.7 Å². The van der Waals surface area contributed by atoms with Crippen LogP contribution in [0.15, 0.2) is 30.3 Å². The number of amides is 1. The van der Waals surface area contributed by atoms with Crippen LogP contribution in [-0.4, -0.2) is 18.6 Å². The molecule has 1 amide bonds. The second-order valence-corrected chi connectivity index (χ2v) is 8.69. The van der Waals surface area contributed by atoms with Gasteiger partial charge in [-0.3, -0.25) is 4.79 Å². The standard InChI is InChI=1S/C21H18Cl2F4N2O/c22-16-8-15(29-6-3-12-7-14(24)2-1-13(12)11-29)9-17(23)19(16)28-18(30)10-20(4-5-20)21(25,26)27/h1-2,7-9H,3-6,10-11H2,(H,28,30).